The number of nitrogens with zero attached hydrogens (tertiary/aromatic N) is 5. The Bertz CT molecular complexity index is 2420. The molecule has 9 rings (SSSR count). The molecule has 4 heterocycles. The maximum absolute atomic E-state index is 5.84. The van der Waals surface area contributed by atoms with Gasteiger partial charge < -0.3 is 0 Å². The van der Waals surface area contributed by atoms with Crippen molar-refractivity contribution in [3.05, 3.63) is 188 Å². The van der Waals surface area contributed by atoms with E-state index < -0.39 is 8.07 Å². The van der Waals surface area contributed by atoms with Crippen LogP contribution in [0.15, 0.2) is 188 Å². The van der Waals surface area contributed by atoms with Crippen molar-refractivity contribution in [2.75, 3.05) is 0 Å². The molecule has 5 nitrogen and oxygen atoms in total. The van der Waals surface area contributed by atoms with Gasteiger partial charge in [0, 0.05) is 40.5 Å². The molecule has 0 saturated heterocycles. The monoisotopic (exact) mass is 657 g/mol. The second-order valence-corrected chi connectivity index (χ2v) is 16.0. The van der Waals surface area contributed by atoms with Crippen LogP contribution in [0.1, 0.15) is 0 Å². The quantitative estimate of drug-likeness (QED) is 0.136. The zero-order chi connectivity index (χ0) is 33.3. The largest absolute Gasteiger partial charge is 0.278 e. The van der Waals surface area contributed by atoms with E-state index in [1.807, 2.05) is 42.9 Å². The highest BCUT2D eigenvalue weighted by atomic mass is 28.3. The summed E-state index contributed by atoms with van der Waals surface area (Å²) in [5.74, 6) is 0.602. The number of para-hydroxylation sites is 2. The van der Waals surface area contributed by atoms with Crippen molar-refractivity contribution in [1.29, 1.82) is 0 Å². The summed E-state index contributed by atoms with van der Waals surface area (Å²) >= 11 is 0. The first-order valence-corrected chi connectivity index (χ1v) is 18.7. The predicted molar refractivity (Wildman–Crippen MR) is 206 cm³/mol. The Labute approximate surface area is 291 Å². The lowest BCUT2D eigenvalue weighted by Crippen LogP contribution is -2.76. The van der Waals surface area contributed by atoms with E-state index in [0.717, 1.165) is 49.6 Å². The third-order valence-corrected chi connectivity index (χ3v) is 14.2. The van der Waals surface area contributed by atoms with Crippen LogP contribution in [0, 0.1) is 0 Å². The van der Waals surface area contributed by atoms with Crippen LogP contribution in [0.3, 0.4) is 0 Å². The smallest absolute Gasteiger partial charge is 0.235 e. The van der Waals surface area contributed by atoms with Crippen LogP contribution in [0.25, 0.3) is 50.3 Å². The number of aromatic nitrogens is 5. The molecule has 0 spiro atoms. The molecule has 0 fully saturated rings. The van der Waals surface area contributed by atoms with Gasteiger partial charge in [-0.25, -0.2) is 9.97 Å². The summed E-state index contributed by atoms with van der Waals surface area (Å²) in [7, 11) is -3.19. The normalized spacial score (nSPS) is 11.6. The first-order valence-electron chi connectivity index (χ1n) is 16.7. The van der Waals surface area contributed by atoms with Crippen LogP contribution in [0.5, 0.6) is 0 Å². The molecule has 0 atom stereocenters. The van der Waals surface area contributed by atoms with Crippen LogP contribution < -0.4 is 20.9 Å². The fourth-order valence-corrected chi connectivity index (χ4v) is 12.2. The van der Waals surface area contributed by atoms with E-state index in [2.05, 4.69) is 155 Å². The minimum Gasteiger partial charge on any atom is -0.278 e. The SMILES string of the molecule is c1ccc([Si](c2ccccc2)(c2ccccc2)c2nc(-n3c4ccccc4c4ccccc43)nc(-c3ccccn3)c2-c2cccnc2)cc1. The Morgan fingerprint density at radius 3 is 1.52 bits per heavy atom. The third-order valence-electron chi connectivity index (χ3n) is 9.51. The minimum absolute atomic E-state index is 0.602. The minimum atomic E-state index is -3.19. The summed E-state index contributed by atoms with van der Waals surface area (Å²) in [5.41, 5.74) is 5.51. The van der Waals surface area contributed by atoms with Crippen molar-refractivity contribution in [3.63, 3.8) is 0 Å². The Kier molecular flexibility index (Phi) is 7.41. The molecule has 0 aliphatic carbocycles. The fourth-order valence-electron chi connectivity index (χ4n) is 7.41. The van der Waals surface area contributed by atoms with Crippen molar-refractivity contribution in [1.82, 2.24) is 24.5 Å². The molecule has 236 valence electrons. The summed E-state index contributed by atoms with van der Waals surface area (Å²) in [4.78, 5) is 20.9. The maximum Gasteiger partial charge on any atom is 0.235 e. The summed E-state index contributed by atoms with van der Waals surface area (Å²) < 4.78 is 2.22. The van der Waals surface area contributed by atoms with Crippen LogP contribution in [0.4, 0.5) is 0 Å². The molecule has 0 amide bonds. The van der Waals surface area contributed by atoms with Gasteiger partial charge in [0.2, 0.25) is 14.0 Å². The van der Waals surface area contributed by atoms with Crippen LogP contribution >= 0.6 is 0 Å². The highest BCUT2D eigenvalue weighted by Crippen LogP contribution is 2.34. The van der Waals surface area contributed by atoms with Gasteiger partial charge in [-0.2, -0.15) is 0 Å². The van der Waals surface area contributed by atoms with Crippen molar-refractivity contribution in [3.8, 4) is 28.5 Å². The molecule has 0 aliphatic heterocycles. The lowest BCUT2D eigenvalue weighted by atomic mass is 10.1. The highest BCUT2D eigenvalue weighted by Gasteiger charge is 2.46. The van der Waals surface area contributed by atoms with Gasteiger partial charge in [0.05, 0.1) is 22.0 Å². The molecule has 9 aromatic rings. The number of benzene rings is 5. The van der Waals surface area contributed by atoms with Crippen LogP contribution in [-0.2, 0) is 0 Å². The molecule has 0 radical (unpaired) electrons. The standard InChI is InChI=1S/C44H31N5Si/c1-4-18-33(19-5-1)50(34-20-6-2-7-21-34,35-22-8-3-9-23-35)43-41(32-17-16-29-45-31-32)42(38-26-14-15-30-46-38)47-44(48-43)49-39-27-12-10-24-36(39)37-25-11-13-28-40(37)49/h1-31H. The van der Waals surface area contributed by atoms with Gasteiger partial charge in [-0.1, -0.05) is 140 Å². The van der Waals surface area contributed by atoms with Gasteiger partial charge in [-0.05, 0) is 45.9 Å². The first kappa shape index (κ1) is 29.6. The molecular weight excluding hydrogens is 627 g/mol. The number of hydrogen-bond donors (Lipinski definition) is 0. The molecule has 6 heteroatoms. The number of hydrogen-bond acceptors (Lipinski definition) is 4. The zero-order valence-corrected chi connectivity index (χ0v) is 28.1. The molecule has 50 heavy (non-hydrogen) atoms. The first-order chi connectivity index (χ1) is 24.8. The Morgan fingerprint density at radius 1 is 0.460 bits per heavy atom. The van der Waals surface area contributed by atoms with Gasteiger partial charge in [0.15, 0.2) is 0 Å². The zero-order valence-electron chi connectivity index (χ0n) is 27.1. The van der Waals surface area contributed by atoms with Gasteiger partial charge in [0.1, 0.15) is 5.69 Å². The fraction of sp³-hybridized carbons (Fsp3) is 0. The van der Waals surface area contributed by atoms with Crippen molar-refractivity contribution >= 4 is 50.8 Å². The van der Waals surface area contributed by atoms with Crippen LogP contribution in [0.2, 0.25) is 0 Å². The van der Waals surface area contributed by atoms with Gasteiger partial charge >= 0.3 is 0 Å². The van der Waals surface area contributed by atoms with E-state index in [0.29, 0.717) is 5.95 Å². The topological polar surface area (TPSA) is 56.5 Å². The van der Waals surface area contributed by atoms with Crippen LogP contribution in [-0.4, -0.2) is 32.6 Å². The van der Waals surface area contributed by atoms with E-state index in [1.165, 1.54) is 15.6 Å². The summed E-state index contributed by atoms with van der Waals surface area (Å²) in [6.07, 6.45) is 5.57. The van der Waals surface area contributed by atoms with Crippen molar-refractivity contribution in [2.45, 2.75) is 0 Å². The molecule has 0 N–H and O–H groups in total. The number of rotatable bonds is 7. The number of pyridine rings is 2. The van der Waals surface area contributed by atoms with E-state index in [-0.39, 0.29) is 0 Å². The Balaban J connectivity index is 1.54. The Morgan fingerprint density at radius 2 is 1.00 bits per heavy atom. The molecular formula is C44H31N5Si. The predicted octanol–water partition coefficient (Wildman–Crippen LogP) is 7.08. The summed E-state index contributed by atoms with van der Waals surface area (Å²) in [6.45, 7) is 0. The second kappa shape index (κ2) is 12.5. The van der Waals surface area contributed by atoms with E-state index in [4.69, 9.17) is 15.0 Å². The molecule has 5 aromatic carbocycles. The molecule has 0 bridgehead atoms. The molecule has 0 aliphatic rings. The average Bonchev–Trinajstić information content (AvgIpc) is 3.54. The van der Waals surface area contributed by atoms with Gasteiger partial charge in [-0.3, -0.25) is 14.5 Å². The van der Waals surface area contributed by atoms with Crippen molar-refractivity contribution < 1.29 is 0 Å². The summed E-state index contributed by atoms with van der Waals surface area (Å²) in [6, 6.07) is 59.8. The lowest BCUT2D eigenvalue weighted by Gasteiger charge is -2.35. The molecule has 4 aromatic heterocycles. The van der Waals surface area contributed by atoms with E-state index >= 15 is 0 Å². The average molecular weight is 658 g/mol. The van der Waals surface area contributed by atoms with E-state index in [1.54, 1.807) is 0 Å². The maximum atomic E-state index is 5.84. The lowest BCUT2D eigenvalue weighted by molar-refractivity contribution is 1.00. The number of fused-ring (bicyclic) bond motifs is 3. The molecule has 0 saturated carbocycles. The third kappa shape index (κ3) is 4.77. The summed E-state index contributed by atoms with van der Waals surface area (Å²) in [5, 5.41) is 6.95. The Hall–Kier alpha value is -6.50. The van der Waals surface area contributed by atoms with Gasteiger partial charge in [0.25, 0.3) is 0 Å². The van der Waals surface area contributed by atoms with Crippen molar-refractivity contribution in [2.24, 2.45) is 0 Å². The van der Waals surface area contributed by atoms with E-state index in [9.17, 15) is 0 Å². The second-order valence-electron chi connectivity index (χ2n) is 12.3. The van der Waals surface area contributed by atoms with Gasteiger partial charge in [-0.15, -0.1) is 0 Å². The highest BCUT2D eigenvalue weighted by molar-refractivity contribution is 7.20. The molecule has 0 unspecified atom stereocenters.